The molecule has 1 aliphatic rings. The van der Waals surface area contributed by atoms with Gasteiger partial charge in [0, 0.05) is 13.6 Å². The molecule has 1 saturated carbocycles. The van der Waals surface area contributed by atoms with Crippen LogP contribution in [0.15, 0.2) is 24.3 Å². The second-order valence-electron chi connectivity index (χ2n) is 6.20. The van der Waals surface area contributed by atoms with Gasteiger partial charge in [0.05, 0.1) is 5.60 Å². The summed E-state index contributed by atoms with van der Waals surface area (Å²) in [5.41, 5.74) is 0.440. The van der Waals surface area contributed by atoms with Gasteiger partial charge in [-0.05, 0) is 38.8 Å². The average Bonchev–Trinajstić information content (AvgIpc) is 2.86. The monoisotopic (exact) mass is 291 g/mol. The Morgan fingerprint density at radius 1 is 1.33 bits per heavy atom. The molecule has 4 nitrogen and oxygen atoms in total. The molecule has 1 N–H and O–H groups in total. The molecular weight excluding hydrogens is 266 g/mol. The minimum absolute atomic E-state index is 0.101. The number of aliphatic hydroxyl groups is 1. The van der Waals surface area contributed by atoms with Crippen LogP contribution in [0.5, 0.6) is 5.75 Å². The van der Waals surface area contributed by atoms with Gasteiger partial charge >= 0.3 is 0 Å². The molecule has 1 aromatic carbocycles. The first-order chi connectivity index (χ1) is 9.89. The van der Waals surface area contributed by atoms with Crippen LogP contribution in [0, 0.1) is 6.92 Å². The van der Waals surface area contributed by atoms with Crippen molar-refractivity contribution < 1.29 is 14.6 Å². The molecule has 1 atom stereocenters. The summed E-state index contributed by atoms with van der Waals surface area (Å²) < 4.78 is 5.68. The Bertz CT molecular complexity index is 477. The van der Waals surface area contributed by atoms with Crippen LogP contribution < -0.4 is 4.74 Å². The van der Waals surface area contributed by atoms with Crippen molar-refractivity contribution in [2.75, 3.05) is 13.6 Å². The molecule has 1 aromatic rings. The van der Waals surface area contributed by atoms with Gasteiger partial charge in [0.1, 0.15) is 5.75 Å². The molecule has 0 aliphatic heterocycles. The number of aryl methyl sites for hydroxylation is 1. The van der Waals surface area contributed by atoms with E-state index in [4.69, 9.17) is 4.74 Å². The summed E-state index contributed by atoms with van der Waals surface area (Å²) in [4.78, 5) is 13.9. The van der Waals surface area contributed by atoms with E-state index in [1.807, 2.05) is 31.2 Å². The van der Waals surface area contributed by atoms with Crippen LogP contribution in [0.2, 0.25) is 0 Å². The first-order valence-corrected chi connectivity index (χ1v) is 7.60. The topological polar surface area (TPSA) is 49.8 Å². The molecular formula is C17H25NO3. The number of likely N-dealkylation sites (N-methyl/N-ethyl adjacent to an activating group) is 1. The maximum atomic E-state index is 12.3. The second-order valence-corrected chi connectivity index (χ2v) is 6.20. The van der Waals surface area contributed by atoms with E-state index in [0.29, 0.717) is 12.3 Å². The number of rotatable bonds is 5. The summed E-state index contributed by atoms with van der Waals surface area (Å²) in [6.45, 7) is 4.14. The second kappa shape index (κ2) is 6.48. The molecule has 1 unspecified atom stereocenters. The van der Waals surface area contributed by atoms with Crippen LogP contribution in [0.3, 0.4) is 0 Å². The van der Waals surface area contributed by atoms with E-state index in [1.54, 1.807) is 18.9 Å². The van der Waals surface area contributed by atoms with Crippen molar-refractivity contribution in [3.63, 3.8) is 0 Å². The Balaban J connectivity index is 1.90. The lowest BCUT2D eigenvalue weighted by atomic mass is 10.0. The molecule has 0 bridgehead atoms. The van der Waals surface area contributed by atoms with E-state index in [-0.39, 0.29) is 5.91 Å². The van der Waals surface area contributed by atoms with Crippen LogP contribution in [-0.4, -0.2) is 41.2 Å². The first kappa shape index (κ1) is 15.8. The fourth-order valence-corrected chi connectivity index (χ4v) is 2.89. The van der Waals surface area contributed by atoms with Crippen molar-refractivity contribution in [2.24, 2.45) is 0 Å². The Hall–Kier alpha value is -1.55. The SMILES string of the molecule is Cc1ccc(OC(C)C(=O)N(C)CC2(O)CCCC2)cc1. The predicted octanol–water partition coefficient (Wildman–Crippen LogP) is 2.53. The van der Waals surface area contributed by atoms with Gasteiger partial charge in [0.25, 0.3) is 5.91 Å². The number of ether oxygens (including phenoxy) is 1. The van der Waals surface area contributed by atoms with Gasteiger partial charge in [0.2, 0.25) is 0 Å². The maximum absolute atomic E-state index is 12.3. The van der Waals surface area contributed by atoms with Crippen molar-refractivity contribution >= 4 is 5.91 Å². The normalized spacial score (nSPS) is 18.3. The summed E-state index contributed by atoms with van der Waals surface area (Å²) in [6, 6.07) is 7.64. The zero-order chi connectivity index (χ0) is 15.5. The fraction of sp³-hybridized carbons (Fsp3) is 0.588. The summed E-state index contributed by atoms with van der Waals surface area (Å²) in [5, 5.41) is 10.4. The third-order valence-electron chi connectivity index (χ3n) is 4.12. The number of benzene rings is 1. The largest absolute Gasteiger partial charge is 0.481 e. The third-order valence-corrected chi connectivity index (χ3v) is 4.12. The van der Waals surface area contributed by atoms with Crippen LogP contribution in [0.4, 0.5) is 0 Å². The number of nitrogens with zero attached hydrogens (tertiary/aromatic N) is 1. The Morgan fingerprint density at radius 2 is 1.90 bits per heavy atom. The summed E-state index contributed by atoms with van der Waals surface area (Å²) in [6.07, 6.45) is 3.07. The molecule has 1 amide bonds. The summed E-state index contributed by atoms with van der Waals surface area (Å²) in [7, 11) is 1.73. The van der Waals surface area contributed by atoms with Gasteiger partial charge in [-0.25, -0.2) is 0 Å². The van der Waals surface area contributed by atoms with Gasteiger partial charge in [-0.2, -0.15) is 0 Å². The fourth-order valence-electron chi connectivity index (χ4n) is 2.89. The predicted molar refractivity (Wildman–Crippen MR) is 82.3 cm³/mol. The van der Waals surface area contributed by atoms with Gasteiger partial charge < -0.3 is 14.7 Å². The molecule has 116 valence electrons. The highest BCUT2D eigenvalue weighted by molar-refractivity contribution is 5.80. The van der Waals surface area contributed by atoms with E-state index in [1.165, 1.54) is 0 Å². The third kappa shape index (κ3) is 4.21. The van der Waals surface area contributed by atoms with E-state index in [0.717, 1.165) is 31.2 Å². The van der Waals surface area contributed by atoms with Crippen molar-refractivity contribution in [2.45, 2.75) is 51.2 Å². The van der Waals surface area contributed by atoms with Crippen molar-refractivity contribution in [3.05, 3.63) is 29.8 Å². The molecule has 0 heterocycles. The van der Waals surface area contributed by atoms with Crippen LogP contribution in [0.25, 0.3) is 0 Å². The number of carbonyl (C=O) groups is 1. The van der Waals surface area contributed by atoms with Crippen LogP contribution in [0.1, 0.15) is 38.2 Å². The quantitative estimate of drug-likeness (QED) is 0.907. The summed E-state index contributed by atoms with van der Waals surface area (Å²) in [5.74, 6) is 0.588. The van der Waals surface area contributed by atoms with E-state index in [9.17, 15) is 9.90 Å². The number of amides is 1. The van der Waals surface area contributed by atoms with Crippen molar-refractivity contribution in [1.82, 2.24) is 4.90 Å². The minimum Gasteiger partial charge on any atom is -0.481 e. The van der Waals surface area contributed by atoms with Gasteiger partial charge in [-0.3, -0.25) is 4.79 Å². The minimum atomic E-state index is -0.714. The van der Waals surface area contributed by atoms with Crippen LogP contribution >= 0.6 is 0 Å². The molecule has 0 spiro atoms. The number of hydrogen-bond donors (Lipinski definition) is 1. The lowest BCUT2D eigenvalue weighted by Gasteiger charge is -2.30. The highest BCUT2D eigenvalue weighted by Crippen LogP contribution is 2.30. The van der Waals surface area contributed by atoms with E-state index >= 15 is 0 Å². The highest BCUT2D eigenvalue weighted by Gasteiger charge is 2.34. The average molecular weight is 291 g/mol. The molecule has 1 fully saturated rings. The molecule has 0 saturated heterocycles. The van der Waals surface area contributed by atoms with Crippen molar-refractivity contribution in [1.29, 1.82) is 0 Å². The molecule has 2 rings (SSSR count). The maximum Gasteiger partial charge on any atom is 0.263 e. The lowest BCUT2D eigenvalue weighted by Crippen LogP contribution is -2.46. The van der Waals surface area contributed by atoms with Crippen LogP contribution in [-0.2, 0) is 4.79 Å². The Labute approximate surface area is 126 Å². The van der Waals surface area contributed by atoms with Gasteiger partial charge in [-0.1, -0.05) is 30.5 Å². The molecule has 0 radical (unpaired) electrons. The van der Waals surface area contributed by atoms with Gasteiger partial charge in [0.15, 0.2) is 6.10 Å². The number of carbonyl (C=O) groups excluding carboxylic acids is 1. The summed E-state index contributed by atoms with van der Waals surface area (Å²) >= 11 is 0. The Kier molecular flexibility index (Phi) is 4.88. The standard InChI is InChI=1S/C17H25NO3/c1-13-6-8-15(9-7-13)21-14(2)16(19)18(3)12-17(20)10-4-5-11-17/h6-9,14,20H,4-5,10-12H2,1-3H3. The highest BCUT2D eigenvalue weighted by atomic mass is 16.5. The van der Waals surface area contributed by atoms with E-state index in [2.05, 4.69) is 0 Å². The number of hydrogen-bond acceptors (Lipinski definition) is 3. The zero-order valence-corrected chi connectivity index (χ0v) is 13.1. The van der Waals surface area contributed by atoms with Gasteiger partial charge in [-0.15, -0.1) is 0 Å². The van der Waals surface area contributed by atoms with Crippen molar-refractivity contribution in [3.8, 4) is 5.75 Å². The molecule has 4 heteroatoms. The Morgan fingerprint density at radius 3 is 2.48 bits per heavy atom. The smallest absolute Gasteiger partial charge is 0.263 e. The molecule has 0 aromatic heterocycles. The van der Waals surface area contributed by atoms with E-state index < -0.39 is 11.7 Å². The lowest BCUT2D eigenvalue weighted by molar-refractivity contribution is -0.139. The first-order valence-electron chi connectivity index (χ1n) is 7.60. The zero-order valence-electron chi connectivity index (χ0n) is 13.1. The molecule has 1 aliphatic carbocycles. The molecule has 21 heavy (non-hydrogen) atoms.